The SMILES string of the molecule is CN1CC=C(c2cnn3c(=O)c(C(=O)NC4CC4)c(O)n(Cc4ccc(F)cc4)c23)CC1. The summed E-state index contributed by atoms with van der Waals surface area (Å²) >= 11 is 0. The van der Waals surface area contributed by atoms with Gasteiger partial charge in [-0.15, -0.1) is 0 Å². The lowest BCUT2D eigenvalue weighted by Crippen LogP contribution is -2.34. The van der Waals surface area contributed by atoms with Gasteiger partial charge in [0.1, 0.15) is 5.82 Å². The van der Waals surface area contributed by atoms with Gasteiger partial charge in [-0.25, -0.2) is 4.39 Å². The van der Waals surface area contributed by atoms with E-state index < -0.39 is 17.3 Å². The molecule has 1 fully saturated rings. The first kappa shape index (κ1) is 20.4. The zero-order chi connectivity index (χ0) is 22.4. The third-order valence-electron chi connectivity index (χ3n) is 6.04. The van der Waals surface area contributed by atoms with Gasteiger partial charge in [-0.3, -0.25) is 14.2 Å². The monoisotopic (exact) mass is 437 g/mol. The van der Waals surface area contributed by atoms with Crippen LogP contribution in [0.1, 0.15) is 40.7 Å². The Kier molecular flexibility index (Phi) is 5.05. The van der Waals surface area contributed by atoms with Gasteiger partial charge in [-0.1, -0.05) is 18.2 Å². The van der Waals surface area contributed by atoms with Crippen molar-refractivity contribution in [3.63, 3.8) is 0 Å². The number of fused-ring (bicyclic) bond motifs is 1. The van der Waals surface area contributed by atoms with Crippen molar-refractivity contribution in [2.45, 2.75) is 31.8 Å². The van der Waals surface area contributed by atoms with Crippen LogP contribution in [0.3, 0.4) is 0 Å². The molecule has 1 aliphatic carbocycles. The number of nitrogens with zero attached hydrogens (tertiary/aromatic N) is 4. The molecule has 166 valence electrons. The van der Waals surface area contributed by atoms with E-state index in [2.05, 4.69) is 21.4 Å². The Morgan fingerprint density at radius 2 is 2.03 bits per heavy atom. The van der Waals surface area contributed by atoms with Crippen LogP contribution in [0.25, 0.3) is 11.2 Å². The second-order valence-electron chi connectivity index (χ2n) is 8.50. The van der Waals surface area contributed by atoms with Crippen LogP contribution >= 0.6 is 0 Å². The maximum absolute atomic E-state index is 13.4. The minimum atomic E-state index is -0.661. The number of nitrogens with one attached hydrogen (secondary N) is 1. The normalized spacial score (nSPS) is 16.9. The van der Waals surface area contributed by atoms with Gasteiger partial charge in [0, 0.05) is 24.7 Å². The lowest BCUT2D eigenvalue weighted by molar-refractivity contribution is 0.0944. The van der Waals surface area contributed by atoms with Crippen molar-refractivity contribution in [3.8, 4) is 5.88 Å². The molecule has 3 aromatic rings. The lowest BCUT2D eigenvalue weighted by Gasteiger charge is -2.22. The molecule has 1 amide bonds. The number of hydrogen-bond acceptors (Lipinski definition) is 5. The summed E-state index contributed by atoms with van der Waals surface area (Å²) in [6, 6.07) is 5.92. The molecule has 9 heteroatoms. The molecule has 2 aliphatic rings. The number of hydrogen-bond donors (Lipinski definition) is 2. The van der Waals surface area contributed by atoms with Crippen LogP contribution < -0.4 is 10.9 Å². The summed E-state index contributed by atoms with van der Waals surface area (Å²) in [5, 5.41) is 18.2. The molecule has 0 radical (unpaired) electrons. The predicted octanol–water partition coefficient (Wildman–Crippen LogP) is 2.00. The number of benzene rings is 1. The number of halogens is 1. The molecule has 3 heterocycles. The third kappa shape index (κ3) is 3.69. The Balaban J connectivity index is 1.70. The number of carbonyl (C=O) groups is 1. The first-order valence-electron chi connectivity index (χ1n) is 10.7. The highest BCUT2D eigenvalue weighted by Crippen LogP contribution is 2.29. The number of rotatable bonds is 5. The smallest absolute Gasteiger partial charge is 0.291 e. The quantitative estimate of drug-likeness (QED) is 0.637. The molecule has 1 aliphatic heterocycles. The van der Waals surface area contributed by atoms with Crippen molar-refractivity contribution in [3.05, 3.63) is 69.4 Å². The average Bonchev–Trinajstić information content (AvgIpc) is 3.47. The standard InChI is InChI=1S/C23H24FN5O3/c1-27-10-8-15(9-11-27)18-12-25-29-21(18)28(13-14-2-4-16(24)5-3-14)22(31)19(23(29)32)20(30)26-17-6-7-17/h2-5,8,12,17,31H,6-7,9-11,13H2,1H3,(H,26,30). The number of amides is 1. The fourth-order valence-corrected chi connectivity index (χ4v) is 4.04. The Labute approximate surface area is 183 Å². The van der Waals surface area contributed by atoms with Crippen molar-refractivity contribution in [1.29, 1.82) is 0 Å². The molecule has 2 aromatic heterocycles. The molecule has 0 bridgehead atoms. The van der Waals surface area contributed by atoms with Gasteiger partial charge in [-0.05, 0) is 49.6 Å². The van der Waals surface area contributed by atoms with Crippen molar-refractivity contribution in [1.82, 2.24) is 24.4 Å². The molecule has 0 atom stereocenters. The summed E-state index contributed by atoms with van der Waals surface area (Å²) in [4.78, 5) is 28.1. The van der Waals surface area contributed by atoms with E-state index in [0.717, 1.165) is 43.5 Å². The van der Waals surface area contributed by atoms with Crippen molar-refractivity contribution < 1.29 is 14.3 Å². The maximum Gasteiger partial charge on any atom is 0.291 e. The van der Waals surface area contributed by atoms with Gasteiger partial charge in [0.05, 0.1) is 12.7 Å². The first-order chi connectivity index (χ1) is 15.4. The van der Waals surface area contributed by atoms with Crippen LogP contribution in [0.4, 0.5) is 4.39 Å². The van der Waals surface area contributed by atoms with Gasteiger partial charge in [0.15, 0.2) is 11.2 Å². The number of aromatic nitrogens is 3. The number of likely N-dealkylation sites (N-methyl/N-ethyl adjacent to an activating group) is 1. The molecule has 8 nitrogen and oxygen atoms in total. The van der Waals surface area contributed by atoms with Crippen molar-refractivity contribution in [2.75, 3.05) is 20.1 Å². The average molecular weight is 437 g/mol. The van der Waals surface area contributed by atoms with Crippen molar-refractivity contribution in [2.24, 2.45) is 0 Å². The van der Waals surface area contributed by atoms with E-state index in [4.69, 9.17) is 0 Å². The van der Waals surface area contributed by atoms with Crippen LogP contribution in [-0.4, -0.2) is 56.3 Å². The summed E-state index contributed by atoms with van der Waals surface area (Å²) < 4.78 is 16.1. The van der Waals surface area contributed by atoms with E-state index in [1.54, 1.807) is 18.3 Å². The molecule has 5 rings (SSSR count). The molecule has 0 spiro atoms. The molecule has 0 saturated heterocycles. The minimum Gasteiger partial charge on any atom is -0.494 e. The van der Waals surface area contributed by atoms with E-state index in [9.17, 15) is 19.1 Å². The molecule has 2 N–H and O–H groups in total. The van der Waals surface area contributed by atoms with Gasteiger partial charge in [0.2, 0.25) is 5.88 Å². The summed E-state index contributed by atoms with van der Waals surface area (Å²) in [5.74, 6) is -1.39. The van der Waals surface area contributed by atoms with Gasteiger partial charge >= 0.3 is 0 Å². The maximum atomic E-state index is 13.4. The predicted molar refractivity (Wildman–Crippen MR) is 117 cm³/mol. The Hall–Kier alpha value is -3.46. The summed E-state index contributed by atoms with van der Waals surface area (Å²) in [5.41, 5.74) is 1.90. The summed E-state index contributed by atoms with van der Waals surface area (Å²) in [6.07, 6.45) is 6.17. The van der Waals surface area contributed by atoms with Crippen LogP contribution in [-0.2, 0) is 6.54 Å². The number of aromatic hydroxyl groups is 1. The Morgan fingerprint density at radius 1 is 1.28 bits per heavy atom. The highest BCUT2D eigenvalue weighted by molar-refractivity contribution is 5.97. The zero-order valence-electron chi connectivity index (χ0n) is 17.7. The van der Waals surface area contributed by atoms with Gasteiger partial charge in [-0.2, -0.15) is 9.61 Å². The first-order valence-corrected chi connectivity index (χ1v) is 10.7. The van der Waals surface area contributed by atoms with Crippen molar-refractivity contribution >= 4 is 17.1 Å². The van der Waals surface area contributed by atoms with E-state index in [-0.39, 0.29) is 24.0 Å². The topological polar surface area (TPSA) is 91.9 Å². The second kappa shape index (κ2) is 7.90. The largest absolute Gasteiger partial charge is 0.494 e. The fraction of sp³-hybridized carbons (Fsp3) is 0.348. The van der Waals surface area contributed by atoms with Crippen LogP contribution in [0.5, 0.6) is 5.88 Å². The van der Waals surface area contributed by atoms with E-state index in [1.807, 2.05) is 7.05 Å². The molecular formula is C23H24FN5O3. The third-order valence-corrected chi connectivity index (χ3v) is 6.04. The highest BCUT2D eigenvalue weighted by Gasteiger charge is 2.30. The van der Waals surface area contributed by atoms with Crippen LogP contribution in [0.2, 0.25) is 0 Å². The molecule has 32 heavy (non-hydrogen) atoms. The van der Waals surface area contributed by atoms with Crippen LogP contribution in [0, 0.1) is 5.82 Å². The van der Waals surface area contributed by atoms with E-state index in [1.165, 1.54) is 21.2 Å². The Bertz CT molecular complexity index is 1290. The summed E-state index contributed by atoms with van der Waals surface area (Å²) in [6.45, 7) is 1.77. The second-order valence-corrected chi connectivity index (χ2v) is 8.50. The van der Waals surface area contributed by atoms with Crippen LogP contribution in [0.15, 0.2) is 41.3 Å². The van der Waals surface area contributed by atoms with E-state index >= 15 is 0 Å². The fourth-order valence-electron chi connectivity index (χ4n) is 4.04. The molecule has 1 saturated carbocycles. The molecule has 1 aromatic carbocycles. The molecule has 0 unspecified atom stereocenters. The Morgan fingerprint density at radius 3 is 2.69 bits per heavy atom. The zero-order valence-corrected chi connectivity index (χ0v) is 17.7. The minimum absolute atomic E-state index is 0.0279. The highest BCUT2D eigenvalue weighted by atomic mass is 19.1. The lowest BCUT2D eigenvalue weighted by atomic mass is 10.0. The molecular weight excluding hydrogens is 413 g/mol. The summed E-state index contributed by atoms with van der Waals surface area (Å²) in [7, 11) is 2.03. The van der Waals surface area contributed by atoms with Gasteiger partial charge in [0.25, 0.3) is 11.5 Å². The van der Waals surface area contributed by atoms with Gasteiger partial charge < -0.3 is 15.3 Å². The van der Waals surface area contributed by atoms with E-state index in [0.29, 0.717) is 11.2 Å². The number of carbonyl (C=O) groups excluding carboxylic acids is 1.